The standard InChI is InChI=1S/C10H8F5NO2/c1-4-3-16-8(9(11)12)7(10(13,14)15)5(4)2-6(17)18/h3,9H,2H2,1H3,(H,17,18). The number of hydrogen-bond acceptors (Lipinski definition) is 2. The van der Waals surface area contributed by atoms with Crippen molar-refractivity contribution >= 4 is 5.97 Å². The fraction of sp³-hybridized carbons (Fsp3) is 0.400. The van der Waals surface area contributed by atoms with Crippen molar-refractivity contribution in [2.24, 2.45) is 0 Å². The second-order valence-electron chi connectivity index (χ2n) is 3.55. The van der Waals surface area contributed by atoms with Gasteiger partial charge in [-0.1, -0.05) is 0 Å². The van der Waals surface area contributed by atoms with E-state index in [1.165, 1.54) is 6.92 Å². The lowest BCUT2D eigenvalue weighted by atomic mass is 9.98. The van der Waals surface area contributed by atoms with Crippen molar-refractivity contribution in [3.05, 3.63) is 28.6 Å². The van der Waals surface area contributed by atoms with E-state index in [2.05, 4.69) is 4.98 Å². The third kappa shape index (κ3) is 2.93. The molecule has 1 heterocycles. The number of hydrogen-bond donors (Lipinski definition) is 1. The second-order valence-corrected chi connectivity index (χ2v) is 3.55. The molecule has 0 spiro atoms. The van der Waals surface area contributed by atoms with Crippen molar-refractivity contribution in [3.8, 4) is 0 Å². The molecule has 0 amide bonds. The van der Waals surface area contributed by atoms with Gasteiger partial charge in [0.25, 0.3) is 6.43 Å². The number of carboxylic acid groups (broad SMARTS) is 1. The van der Waals surface area contributed by atoms with Crippen LogP contribution in [0.5, 0.6) is 0 Å². The van der Waals surface area contributed by atoms with Crippen LogP contribution in [0.1, 0.15) is 28.8 Å². The Bertz CT molecular complexity index is 470. The summed E-state index contributed by atoms with van der Waals surface area (Å²) < 4.78 is 63.2. The number of alkyl halides is 5. The molecular weight excluding hydrogens is 261 g/mol. The molecule has 0 unspecified atom stereocenters. The first-order chi connectivity index (χ1) is 8.14. The van der Waals surface area contributed by atoms with E-state index in [1.54, 1.807) is 0 Å². The number of carboxylic acids is 1. The zero-order chi connectivity index (χ0) is 14.1. The first-order valence-electron chi connectivity index (χ1n) is 4.70. The van der Waals surface area contributed by atoms with Gasteiger partial charge in [-0.05, 0) is 18.1 Å². The molecule has 0 bridgehead atoms. The molecule has 0 aliphatic carbocycles. The minimum absolute atomic E-state index is 0.0888. The van der Waals surface area contributed by atoms with E-state index in [-0.39, 0.29) is 5.56 Å². The van der Waals surface area contributed by atoms with Crippen molar-refractivity contribution in [2.75, 3.05) is 0 Å². The molecule has 0 fully saturated rings. The Hall–Kier alpha value is -1.73. The number of aliphatic carboxylic acids is 1. The molecule has 1 aromatic heterocycles. The summed E-state index contributed by atoms with van der Waals surface area (Å²) >= 11 is 0. The largest absolute Gasteiger partial charge is 0.481 e. The maximum absolute atomic E-state index is 12.7. The summed E-state index contributed by atoms with van der Waals surface area (Å²) in [6.07, 6.45) is -8.66. The lowest BCUT2D eigenvalue weighted by Gasteiger charge is -2.17. The number of pyridine rings is 1. The Morgan fingerprint density at radius 1 is 1.44 bits per heavy atom. The fourth-order valence-electron chi connectivity index (χ4n) is 1.52. The minimum Gasteiger partial charge on any atom is -0.481 e. The Morgan fingerprint density at radius 3 is 2.39 bits per heavy atom. The van der Waals surface area contributed by atoms with Crippen LogP contribution >= 0.6 is 0 Å². The molecular formula is C10H8F5NO2. The number of rotatable bonds is 3. The summed E-state index contributed by atoms with van der Waals surface area (Å²) in [4.78, 5) is 13.6. The zero-order valence-electron chi connectivity index (χ0n) is 9.05. The highest BCUT2D eigenvalue weighted by Crippen LogP contribution is 2.38. The van der Waals surface area contributed by atoms with Crippen LogP contribution in [0.25, 0.3) is 0 Å². The molecule has 8 heteroatoms. The van der Waals surface area contributed by atoms with Crippen molar-refractivity contribution in [3.63, 3.8) is 0 Å². The quantitative estimate of drug-likeness (QED) is 0.858. The number of halogens is 5. The molecule has 0 aromatic carbocycles. The number of nitrogens with zero attached hydrogens (tertiary/aromatic N) is 1. The summed E-state index contributed by atoms with van der Waals surface area (Å²) in [5.74, 6) is -1.53. The highest BCUT2D eigenvalue weighted by Gasteiger charge is 2.40. The average molecular weight is 269 g/mol. The van der Waals surface area contributed by atoms with E-state index < -0.39 is 41.8 Å². The SMILES string of the molecule is Cc1cnc(C(F)F)c(C(F)(F)F)c1CC(=O)O. The Balaban J connectivity index is 3.55. The van der Waals surface area contributed by atoms with Crippen LogP contribution in [-0.2, 0) is 17.4 Å². The monoisotopic (exact) mass is 269 g/mol. The van der Waals surface area contributed by atoms with Gasteiger partial charge in [-0.3, -0.25) is 9.78 Å². The van der Waals surface area contributed by atoms with Crippen LogP contribution in [0.4, 0.5) is 22.0 Å². The van der Waals surface area contributed by atoms with Crippen LogP contribution in [0.2, 0.25) is 0 Å². The van der Waals surface area contributed by atoms with Gasteiger partial charge in [0, 0.05) is 6.20 Å². The summed E-state index contributed by atoms with van der Waals surface area (Å²) in [6.45, 7) is 1.19. The minimum atomic E-state index is -5.07. The maximum Gasteiger partial charge on any atom is 0.418 e. The van der Waals surface area contributed by atoms with Crippen LogP contribution in [-0.4, -0.2) is 16.1 Å². The predicted octanol–water partition coefficient (Wildman–Crippen LogP) is 2.97. The van der Waals surface area contributed by atoms with E-state index in [0.29, 0.717) is 0 Å². The Labute approximate surface area is 98.3 Å². The molecule has 18 heavy (non-hydrogen) atoms. The highest BCUT2D eigenvalue weighted by atomic mass is 19.4. The van der Waals surface area contributed by atoms with E-state index >= 15 is 0 Å². The predicted molar refractivity (Wildman–Crippen MR) is 50.3 cm³/mol. The fourth-order valence-corrected chi connectivity index (χ4v) is 1.52. The summed E-state index contributed by atoms with van der Waals surface area (Å²) in [6, 6.07) is 0. The molecule has 1 aromatic rings. The van der Waals surface area contributed by atoms with E-state index in [9.17, 15) is 26.7 Å². The Morgan fingerprint density at radius 2 is 2.00 bits per heavy atom. The molecule has 0 aliphatic rings. The van der Waals surface area contributed by atoms with Gasteiger partial charge >= 0.3 is 12.1 Å². The number of carbonyl (C=O) groups is 1. The first kappa shape index (κ1) is 14.3. The van der Waals surface area contributed by atoms with E-state index in [1.807, 2.05) is 0 Å². The van der Waals surface area contributed by atoms with Gasteiger partial charge in [0.2, 0.25) is 0 Å². The summed E-state index contributed by atoms with van der Waals surface area (Å²) in [5, 5.41) is 8.54. The van der Waals surface area contributed by atoms with Gasteiger partial charge in [-0.2, -0.15) is 13.2 Å². The molecule has 3 nitrogen and oxygen atoms in total. The highest BCUT2D eigenvalue weighted by molar-refractivity contribution is 5.71. The lowest BCUT2D eigenvalue weighted by Crippen LogP contribution is -2.18. The Kier molecular flexibility index (Phi) is 3.88. The van der Waals surface area contributed by atoms with Crippen molar-refractivity contribution in [2.45, 2.75) is 25.9 Å². The third-order valence-corrected chi connectivity index (χ3v) is 2.25. The van der Waals surface area contributed by atoms with Crippen molar-refractivity contribution < 1.29 is 31.9 Å². The van der Waals surface area contributed by atoms with Gasteiger partial charge in [0.1, 0.15) is 5.69 Å². The molecule has 0 radical (unpaired) electrons. The van der Waals surface area contributed by atoms with Gasteiger partial charge in [0.05, 0.1) is 12.0 Å². The van der Waals surface area contributed by atoms with E-state index in [4.69, 9.17) is 5.11 Å². The smallest absolute Gasteiger partial charge is 0.418 e. The van der Waals surface area contributed by atoms with E-state index in [0.717, 1.165) is 6.20 Å². The normalized spacial score (nSPS) is 11.9. The second kappa shape index (κ2) is 4.87. The molecule has 0 aliphatic heterocycles. The third-order valence-electron chi connectivity index (χ3n) is 2.25. The topological polar surface area (TPSA) is 50.2 Å². The molecule has 0 saturated heterocycles. The summed E-state index contributed by atoms with van der Waals surface area (Å²) in [5.41, 5.74) is -3.86. The van der Waals surface area contributed by atoms with Gasteiger partial charge in [-0.15, -0.1) is 0 Å². The molecule has 100 valence electrons. The van der Waals surface area contributed by atoms with Crippen LogP contribution < -0.4 is 0 Å². The van der Waals surface area contributed by atoms with Gasteiger partial charge in [0.15, 0.2) is 0 Å². The van der Waals surface area contributed by atoms with Crippen LogP contribution in [0.3, 0.4) is 0 Å². The number of aromatic nitrogens is 1. The summed E-state index contributed by atoms with van der Waals surface area (Å²) in [7, 11) is 0. The van der Waals surface area contributed by atoms with Crippen LogP contribution in [0.15, 0.2) is 6.20 Å². The average Bonchev–Trinajstić information content (AvgIpc) is 2.17. The maximum atomic E-state index is 12.7. The lowest BCUT2D eigenvalue weighted by molar-refractivity contribution is -0.141. The van der Waals surface area contributed by atoms with Crippen molar-refractivity contribution in [1.29, 1.82) is 0 Å². The molecule has 1 N–H and O–H groups in total. The number of aryl methyl sites for hydroxylation is 1. The first-order valence-corrected chi connectivity index (χ1v) is 4.70. The molecule has 0 saturated carbocycles. The van der Waals surface area contributed by atoms with Gasteiger partial charge < -0.3 is 5.11 Å². The van der Waals surface area contributed by atoms with Crippen molar-refractivity contribution in [1.82, 2.24) is 4.98 Å². The van der Waals surface area contributed by atoms with Crippen LogP contribution in [0, 0.1) is 6.92 Å². The van der Waals surface area contributed by atoms with Gasteiger partial charge in [-0.25, -0.2) is 8.78 Å². The zero-order valence-corrected chi connectivity index (χ0v) is 9.05. The molecule has 0 atom stereocenters. The molecule has 1 rings (SSSR count).